The lowest BCUT2D eigenvalue weighted by Crippen LogP contribution is -2.06. The lowest BCUT2D eigenvalue weighted by Gasteiger charge is -2.12. The smallest absolute Gasteiger partial charge is 0.206 e. The molecule has 2 rings (SSSR count). The van der Waals surface area contributed by atoms with E-state index in [0.29, 0.717) is 12.1 Å². The van der Waals surface area contributed by atoms with Crippen LogP contribution in [0.4, 0.5) is 30.7 Å². The molecular formula is C14H7F7. The van der Waals surface area contributed by atoms with Crippen molar-refractivity contribution in [2.75, 3.05) is 0 Å². The summed E-state index contributed by atoms with van der Waals surface area (Å²) < 4.78 is 91.8. The minimum atomic E-state index is -4.73. The molecule has 0 unspecified atom stereocenters. The molecular weight excluding hydrogens is 301 g/mol. The summed E-state index contributed by atoms with van der Waals surface area (Å²) >= 11 is 0. The molecule has 0 N–H and O–H groups in total. The molecule has 0 saturated carbocycles. The Morgan fingerprint density at radius 1 is 0.810 bits per heavy atom. The topological polar surface area (TPSA) is 0 Å². The second kappa shape index (κ2) is 5.05. The van der Waals surface area contributed by atoms with Crippen LogP contribution in [0.1, 0.15) is 11.1 Å². The van der Waals surface area contributed by atoms with Crippen molar-refractivity contribution < 1.29 is 30.7 Å². The quantitative estimate of drug-likeness (QED) is 0.384. The first-order valence-corrected chi connectivity index (χ1v) is 5.64. The summed E-state index contributed by atoms with van der Waals surface area (Å²) in [6.45, 7) is 0.865. The molecule has 0 fully saturated rings. The zero-order valence-corrected chi connectivity index (χ0v) is 10.5. The second-order valence-corrected chi connectivity index (χ2v) is 4.33. The largest absolute Gasteiger partial charge is 0.416 e. The molecule has 7 heteroatoms. The highest BCUT2D eigenvalue weighted by molar-refractivity contribution is 5.67. The van der Waals surface area contributed by atoms with Gasteiger partial charge >= 0.3 is 6.18 Å². The van der Waals surface area contributed by atoms with Gasteiger partial charge in [-0.2, -0.15) is 13.2 Å². The summed E-state index contributed by atoms with van der Waals surface area (Å²) in [6.07, 6.45) is -4.73. The first-order valence-electron chi connectivity index (χ1n) is 5.64. The Kier molecular flexibility index (Phi) is 3.69. The maximum absolute atomic E-state index is 13.9. The molecule has 0 bridgehead atoms. The minimum absolute atomic E-state index is 0.471. The summed E-state index contributed by atoms with van der Waals surface area (Å²) in [5.74, 6) is -6.94. The molecule has 2 aromatic rings. The van der Waals surface area contributed by atoms with Gasteiger partial charge < -0.3 is 0 Å². The lowest BCUT2D eigenvalue weighted by molar-refractivity contribution is -0.137. The van der Waals surface area contributed by atoms with Crippen LogP contribution in [0.15, 0.2) is 24.3 Å². The summed E-state index contributed by atoms with van der Waals surface area (Å²) in [4.78, 5) is 0. The minimum Gasteiger partial charge on any atom is -0.206 e. The number of alkyl halides is 3. The molecule has 0 nitrogen and oxygen atoms in total. The van der Waals surface area contributed by atoms with Gasteiger partial charge in [0.2, 0.25) is 0 Å². The monoisotopic (exact) mass is 308 g/mol. The van der Waals surface area contributed by atoms with Crippen LogP contribution in [0.25, 0.3) is 11.1 Å². The molecule has 2 aromatic carbocycles. The fourth-order valence-electron chi connectivity index (χ4n) is 1.86. The number of rotatable bonds is 1. The molecule has 112 valence electrons. The summed E-state index contributed by atoms with van der Waals surface area (Å²) in [5, 5.41) is 0. The molecule has 0 amide bonds. The van der Waals surface area contributed by atoms with Crippen molar-refractivity contribution >= 4 is 0 Å². The van der Waals surface area contributed by atoms with E-state index in [1.807, 2.05) is 0 Å². The van der Waals surface area contributed by atoms with E-state index in [1.54, 1.807) is 0 Å². The number of hydrogen-bond donors (Lipinski definition) is 0. The highest BCUT2D eigenvalue weighted by Crippen LogP contribution is 2.35. The van der Waals surface area contributed by atoms with Gasteiger partial charge in [0.05, 0.1) is 11.1 Å². The maximum atomic E-state index is 13.9. The standard InChI is InChI=1S/C14H7F7/c1-6-10(15)9(12(17)13(18)11(6)16)7-3-2-4-8(5-7)14(19,20)21/h2-5H,1H3. The van der Waals surface area contributed by atoms with E-state index in [9.17, 15) is 30.7 Å². The van der Waals surface area contributed by atoms with Crippen LogP contribution in [-0.4, -0.2) is 0 Å². The molecule has 0 aliphatic carbocycles. The molecule has 0 aliphatic rings. The Balaban J connectivity index is 2.74. The predicted molar refractivity (Wildman–Crippen MR) is 61.4 cm³/mol. The van der Waals surface area contributed by atoms with Crippen LogP contribution in [0.2, 0.25) is 0 Å². The van der Waals surface area contributed by atoms with Crippen molar-refractivity contribution in [1.29, 1.82) is 0 Å². The zero-order chi connectivity index (χ0) is 15.9. The summed E-state index contributed by atoms with van der Waals surface area (Å²) in [6, 6.07) is 3.07. The Bertz CT molecular complexity index is 672. The van der Waals surface area contributed by atoms with Crippen molar-refractivity contribution in [3.63, 3.8) is 0 Å². The predicted octanol–water partition coefficient (Wildman–Crippen LogP) is 5.24. The zero-order valence-electron chi connectivity index (χ0n) is 10.5. The third-order valence-electron chi connectivity index (χ3n) is 2.96. The van der Waals surface area contributed by atoms with Gasteiger partial charge in [0.1, 0.15) is 5.82 Å². The van der Waals surface area contributed by atoms with Crippen LogP contribution in [0, 0.1) is 30.2 Å². The number of benzene rings is 2. The molecule has 0 aliphatic heterocycles. The van der Waals surface area contributed by atoms with E-state index in [2.05, 4.69) is 0 Å². The van der Waals surface area contributed by atoms with Crippen LogP contribution >= 0.6 is 0 Å². The third-order valence-corrected chi connectivity index (χ3v) is 2.96. The van der Waals surface area contributed by atoms with Gasteiger partial charge in [0.25, 0.3) is 0 Å². The van der Waals surface area contributed by atoms with E-state index in [1.165, 1.54) is 0 Å². The Morgan fingerprint density at radius 3 is 2.00 bits per heavy atom. The Labute approximate surface area is 114 Å². The maximum Gasteiger partial charge on any atom is 0.416 e. The molecule has 0 radical (unpaired) electrons. The van der Waals surface area contributed by atoms with Crippen molar-refractivity contribution in [1.82, 2.24) is 0 Å². The van der Waals surface area contributed by atoms with E-state index < -0.39 is 51.7 Å². The van der Waals surface area contributed by atoms with E-state index >= 15 is 0 Å². The van der Waals surface area contributed by atoms with Gasteiger partial charge in [-0.25, -0.2) is 17.6 Å². The van der Waals surface area contributed by atoms with E-state index in [-0.39, 0.29) is 0 Å². The Morgan fingerprint density at radius 2 is 1.43 bits per heavy atom. The SMILES string of the molecule is Cc1c(F)c(F)c(F)c(-c2cccc(C(F)(F)F)c2)c1F. The molecule has 21 heavy (non-hydrogen) atoms. The van der Waals surface area contributed by atoms with Gasteiger partial charge in [-0.15, -0.1) is 0 Å². The fraction of sp³-hybridized carbons (Fsp3) is 0.143. The van der Waals surface area contributed by atoms with E-state index in [0.717, 1.165) is 19.1 Å². The van der Waals surface area contributed by atoms with Crippen molar-refractivity contribution in [2.45, 2.75) is 13.1 Å². The Hall–Kier alpha value is -2.05. The molecule has 0 saturated heterocycles. The summed E-state index contributed by atoms with van der Waals surface area (Å²) in [7, 11) is 0. The average Bonchev–Trinajstić information content (AvgIpc) is 2.43. The van der Waals surface area contributed by atoms with Gasteiger partial charge in [-0.3, -0.25) is 0 Å². The molecule has 0 heterocycles. The van der Waals surface area contributed by atoms with Crippen molar-refractivity contribution in [3.05, 3.63) is 58.7 Å². The average molecular weight is 308 g/mol. The molecule has 0 spiro atoms. The fourth-order valence-corrected chi connectivity index (χ4v) is 1.86. The van der Waals surface area contributed by atoms with Gasteiger partial charge in [-0.1, -0.05) is 12.1 Å². The van der Waals surface area contributed by atoms with Crippen LogP contribution < -0.4 is 0 Å². The van der Waals surface area contributed by atoms with Gasteiger partial charge in [0, 0.05) is 5.56 Å². The van der Waals surface area contributed by atoms with Crippen LogP contribution in [0.3, 0.4) is 0 Å². The van der Waals surface area contributed by atoms with Crippen LogP contribution in [-0.2, 0) is 6.18 Å². The first kappa shape index (κ1) is 15.3. The van der Waals surface area contributed by atoms with Crippen LogP contribution in [0.5, 0.6) is 0 Å². The summed E-state index contributed by atoms with van der Waals surface area (Å²) in [5.41, 5.74) is -3.51. The lowest BCUT2D eigenvalue weighted by atomic mass is 9.99. The number of halogens is 7. The highest BCUT2D eigenvalue weighted by atomic mass is 19.4. The third kappa shape index (κ3) is 2.59. The molecule has 0 atom stereocenters. The first-order chi connectivity index (χ1) is 9.64. The van der Waals surface area contributed by atoms with Gasteiger partial charge in [-0.05, 0) is 24.6 Å². The second-order valence-electron chi connectivity index (χ2n) is 4.33. The number of hydrogen-bond acceptors (Lipinski definition) is 0. The van der Waals surface area contributed by atoms with Crippen molar-refractivity contribution in [2.24, 2.45) is 0 Å². The van der Waals surface area contributed by atoms with Crippen molar-refractivity contribution in [3.8, 4) is 11.1 Å². The van der Waals surface area contributed by atoms with Gasteiger partial charge in [0.15, 0.2) is 17.5 Å². The normalized spacial score (nSPS) is 11.8. The van der Waals surface area contributed by atoms with E-state index in [4.69, 9.17) is 0 Å². The molecule has 0 aromatic heterocycles. The highest BCUT2D eigenvalue weighted by Gasteiger charge is 2.31.